The molecule has 2 aliphatic rings. The first-order chi connectivity index (χ1) is 14.4. The monoisotopic (exact) mass is 440 g/mol. The van der Waals surface area contributed by atoms with Crippen molar-refractivity contribution in [2.75, 3.05) is 29.8 Å². The summed E-state index contributed by atoms with van der Waals surface area (Å²) in [6, 6.07) is 7.14. The summed E-state index contributed by atoms with van der Waals surface area (Å²) in [5.74, 6) is 0.0412. The van der Waals surface area contributed by atoms with Gasteiger partial charge >= 0.3 is 0 Å². The summed E-state index contributed by atoms with van der Waals surface area (Å²) in [6.45, 7) is 0. The van der Waals surface area contributed by atoms with Gasteiger partial charge in [-0.05, 0) is 18.6 Å². The molecule has 1 amide bonds. The largest absolute Gasteiger partial charge is 0.324 e. The van der Waals surface area contributed by atoms with Crippen molar-refractivity contribution < 1.29 is 4.79 Å². The standard InChI is InChI=1S/C19H16N6O3S2/c1-25-9-7-5-4-6-8(9)19(16(25)28)10-12(21-17(29-2)23-14(10)26)20-13-11(19)15(27)24-18(22-13)30-3/h4-7H,1-3H3,(H3,20,21,22,23,24,26,27). The van der Waals surface area contributed by atoms with Gasteiger partial charge in [0.15, 0.2) is 10.3 Å². The van der Waals surface area contributed by atoms with Gasteiger partial charge in [0.1, 0.15) is 17.1 Å². The Morgan fingerprint density at radius 3 is 1.97 bits per heavy atom. The molecule has 11 heteroatoms. The van der Waals surface area contributed by atoms with E-state index in [9.17, 15) is 14.4 Å². The third kappa shape index (κ3) is 2.24. The van der Waals surface area contributed by atoms with Gasteiger partial charge in [-0.2, -0.15) is 0 Å². The van der Waals surface area contributed by atoms with E-state index in [1.54, 1.807) is 37.8 Å². The third-order valence-electron chi connectivity index (χ3n) is 5.46. The van der Waals surface area contributed by atoms with E-state index in [1.807, 2.05) is 6.07 Å². The number of para-hydroxylation sites is 1. The SMILES string of the molecule is CSc1nc2c(c(=O)[nH]1)C1(C(=O)N(C)c3ccccc31)c1c(nc(SC)[nH]c1=O)N2. The van der Waals surface area contributed by atoms with Gasteiger partial charge in [0.25, 0.3) is 11.1 Å². The van der Waals surface area contributed by atoms with Crippen LogP contribution in [0.4, 0.5) is 17.3 Å². The molecule has 3 N–H and O–H groups in total. The number of carbonyl (C=O) groups excluding carboxylic acids is 1. The Bertz CT molecular complexity index is 1280. The normalized spacial score (nSPS) is 15.6. The number of rotatable bonds is 2. The first kappa shape index (κ1) is 18.9. The van der Waals surface area contributed by atoms with Crippen LogP contribution in [0.2, 0.25) is 0 Å². The second kappa shape index (κ2) is 6.47. The van der Waals surface area contributed by atoms with E-state index in [1.165, 1.54) is 28.4 Å². The lowest BCUT2D eigenvalue weighted by Crippen LogP contribution is -2.50. The van der Waals surface area contributed by atoms with Gasteiger partial charge in [-0.3, -0.25) is 14.4 Å². The quantitative estimate of drug-likeness (QED) is 0.406. The minimum Gasteiger partial charge on any atom is -0.324 e. The van der Waals surface area contributed by atoms with Crippen LogP contribution in [0.15, 0.2) is 44.2 Å². The summed E-state index contributed by atoms with van der Waals surface area (Å²) in [5, 5.41) is 3.82. The Kier molecular flexibility index (Phi) is 4.09. The molecule has 0 aliphatic carbocycles. The van der Waals surface area contributed by atoms with Crippen molar-refractivity contribution in [1.82, 2.24) is 19.9 Å². The highest BCUT2D eigenvalue weighted by Gasteiger charge is 2.59. The molecular weight excluding hydrogens is 424 g/mol. The average Bonchev–Trinajstić information content (AvgIpc) is 2.95. The Morgan fingerprint density at radius 2 is 1.43 bits per heavy atom. The number of anilines is 3. The number of hydrogen-bond acceptors (Lipinski definition) is 8. The van der Waals surface area contributed by atoms with E-state index < -0.39 is 22.4 Å². The molecule has 9 nitrogen and oxygen atoms in total. The number of fused-ring (bicyclic) bond motifs is 6. The molecular formula is C19H16N6O3S2. The number of aromatic nitrogens is 4. The van der Waals surface area contributed by atoms with Crippen molar-refractivity contribution in [3.63, 3.8) is 0 Å². The van der Waals surface area contributed by atoms with Gasteiger partial charge in [0.2, 0.25) is 5.91 Å². The molecule has 4 heterocycles. The van der Waals surface area contributed by atoms with Crippen molar-refractivity contribution >= 4 is 46.8 Å². The summed E-state index contributed by atoms with van der Waals surface area (Å²) >= 11 is 2.54. The zero-order chi connectivity index (χ0) is 21.2. The van der Waals surface area contributed by atoms with Gasteiger partial charge < -0.3 is 20.2 Å². The van der Waals surface area contributed by atoms with E-state index in [4.69, 9.17) is 0 Å². The van der Waals surface area contributed by atoms with E-state index in [2.05, 4.69) is 25.3 Å². The Balaban J connectivity index is 2.00. The van der Waals surface area contributed by atoms with E-state index in [0.717, 1.165) is 0 Å². The van der Waals surface area contributed by atoms with E-state index >= 15 is 0 Å². The highest BCUT2D eigenvalue weighted by Crippen LogP contribution is 2.53. The maximum absolute atomic E-state index is 13.8. The second-order valence-electron chi connectivity index (χ2n) is 6.85. The molecule has 2 aromatic heterocycles. The van der Waals surface area contributed by atoms with Gasteiger partial charge in [-0.25, -0.2) is 9.97 Å². The zero-order valence-corrected chi connectivity index (χ0v) is 17.8. The van der Waals surface area contributed by atoms with Crippen LogP contribution in [-0.4, -0.2) is 45.4 Å². The number of H-pyrrole nitrogens is 2. The number of aromatic amines is 2. The van der Waals surface area contributed by atoms with E-state index in [-0.39, 0.29) is 22.8 Å². The van der Waals surface area contributed by atoms with Gasteiger partial charge in [0, 0.05) is 18.3 Å². The van der Waals surface area contributed by atoms with Crippen LogP contribution in [0.1, 0.15) is 16.7 Å². The van der Waals surface area contributed by atoms with Crippen LogP contribution >= 0.6 is 23.5 Å². The molecule has 3 aromatic rings. The minimum absolute atomic E-state index is 0.0961. The molecule has 0 atom stereocenters. The van der Waals surface area contributed by atoms with Crippen molar-refractivity contribution in [2.24, 2.45) is 0 Å². The second-order valence-corrected chi connectivity index (χ2v) is 8.44. The number of hydrogen-bond donors (Lipinski definition) is 3. The van der Waals surface area contributed by atoms with Crippen molar-refractivity contribution in [3.05, 3.63) is 61.7 Å². The van der Waals surface area contributed by atoms with Gasteiger partial charge in [-0.15, -0.1) is 0 Å². The molecule has 152 valence electrons. The van der Waals surface area contributed by atoms with Crippen LogP contribution in [0.3, 0.4) is 0 Å². The van der Waals surface area contributed by atoms with Gasteiger partial charge in [0.05, 0.1) is 11.1 Å². The predicted molar refractivity (Wildman–Crippen MR) is 116 cm³/mol. The number of amides is 1. The average molecular weight is 441 g/mol. The number of nitrogens with zero attached hydrogens (tertiary/aromatic N) is 3. The molecule has 1 aromatic carbocycles. The Labute approximate surface area is 178 Å². The predicted octanol–water partition coefficient (Wildman–Crippen LogP) is 1.66. The first-order valence-electron chi connectivity index (χ1n) is 8.95. The molecule has 5 rings (SSSR count). The lowest BCUT2D eigenvalue weighted by molar-refractivity contribution is -0.120. The summed E-state index contributed by atoms with van der Waals surface area (Å²) < 4.78 is 0. The molecule has 0 saturated carbocycles. The summed E-state index contributed by atoms with van der Waals surface area (Å²) in [4.78, 5) is 56.2. The molecule has 2 aliphatic heterocycles. The summed E-state index contributed by atoms with van der Waals surface area (Å²) in [7, 11) is 1.63. The number of likely N-dealkylation sites (N-methyl/N-ethyl adjacent to an activating group) is 1. The molecule has 1 spiro atoms. The highest BCUT2D eigenvalue weighted by atomic mass is 32.2. The smallest absolute Gasteiger partial charge is 0.258 e. The van der Waals surface area contributed by atoms with Crippen LogP contribution in [0.25, 0.3) is 0 Å². The minimum atomic E-state index is -1.64. The Morgan fingerprint density at radius 1 is 0.900 bits per heavy atom. The fraction of sp³-hybridized carbons (Fsp3) is 0.211. The van der Waals surface area contributed by atoms with Crippen molar-refractivity contribution in [1.29, 1.82) is 0 Å². The van der Waals surface area contributed by atoms with Crippen molar-refractivity contribution in [2.45, 2.75) is 15.7 Å². The molecule has 0 bridgehead atoms. The third-order valence-corrected chi connectivity index (χ3v) is 6.62. The Hall–Kier alpha value is -3.05. The summed E-state index contributed by atoms with van der Waals surface area (Å²) in [6.07, 6.45) is 3.57. The maximum atomic E-state index is 13.8. The molecule has 0 unspecified atom stereocenters. The van der Waals surface area contributed by atoms with Crippen molar-refractivity contribution in [3.8, 4) is 0 Å². The summed E-state index contributed by atoms with van der Waals surface area (Å²) in [5.41, 5.74) is -1.23. The number of thioether (sulfide) groups is 2. The number of carbonyl (C=O) groups is 1. The van der Waals surface area contributed by atoms with Crippen LogP contribution in [0.5, 0.6) is 0 Å². The molecule has 0 saturated heterocycles. The zero-order valence-electron chi connectivity index (χ0n) is 16.2. The van der Waals surface area contributed by atoms with Crippen LogP contribution in [0, 0.1) is 0 Å². The van der Waals surface area contributed by atoms with Crippen LogP contribution in [-0.2, 0) is 10.2 Å². The first-order valence-corrected chi connectivity index (χ1v) is 11.4. The molecule has 0 radical (unpaired) electrons. The molecule has 30 heavy (non-hydrogen) atoms. The lowest BCUT2D eigenvalue weighted by Gasteiger charge is -2.34. The van der Waals surface area contributed by atoms with Crippen LogP contribution < -0.4 is 21.3 Å². The fourth-order valence-electron chi connectivity index (χ4n) is 4.25. The number of nitrogens with one attached hydrogen (secondary N) is 3. The molecule has 0 fully saturated rings. The fourth-order valence-corrected chi connectivity index (χ4v) is 5.01. The lowest BCUT2D eigenvalue weighted by atomic mass is 9.69. The number of benzene rings is 1. The maximum Gasteiger partial charge on any atom is 0.258 e. The van der Waals surface area contributed by atoms with E-state index in [0.29, 0.717) is 21.6 Å². The van der Waals surface area contributed by atoms with Gasteiger partial charge in [-0.1, -0.05) is 41.7 Å². The highest BCUT2D eigenvalue weighted by molar-refractivity contribution is 7.98. The topological polar surface area (TPSA) is 124 Å².